The fourth-order valence-electron chi connectivity index (χ4n) is 11.6. The molecule has 6 rings (SSSR count). The molecule has 0 heterocycles. The summed E-state index contributed by atoms with van der Waals surface area (Å²) in [6.07, 6.45) is 14.8. The summed E-state index contributed by atoms with van der Waals surface area (Å²) in [6.45, 7) is 19.2. The standard InChI is InChI=1S/C40H55NO5/c1-25(42)46-32-16-17-38(6)30(35(32,2)3)15-18-40(8)31(38)14-13-28-29-23-36(4,19-20-37(29,5)21-22-39(28,40)7)24-41-33(43)26-11-9-10-12-27(26)34(44)45/h9-14,30-32H,15-24H2,1-8H3,(H,41,43)(H,44,45)/t30-,31+,32-,36-,37+,38-,39+,40+/m0/s1. The van der Waals surface area contributed by atoms with Crippen molar-refractivity contribution in [2.75, 3.05) is 6.54 Å². The number of carbonyl (C=O) groups is 3. The van der Waals surface area contributed by atoms with Gasteiger partial charge >= 0.3 is 11.9 Å². The molecule has 0 radical (unpaired) electrons. The van der Waals surface area contributed by atoms with Crippen molar-refractivity contribution >= 4 is 17.8 Å². The summed E-state index contributed by atoms with van der Waals surface area (Å²) in [7, 11) is 0. The molecule has 1 amide bonds. The minimum absolute atomic E-state index is 0.0262. The molecule has 2 N–H and O–H groups in total. The Morgan fingerprint density at radius 1 is 0.891 bits per heavy atom. The Bertz CT molecular complexity index is 1520. The number of allylic oxidation sites excluding steroid dienone is 4. The van der Waals surface area contributed by atoms with E-state index in [0.717, 1.165) is 38.5 Å². The minimum atomic E-state index is -1.08. The Hall–Kier alpha value is -2.89. The lowest BCUT2D eigenvalue weighted by atomic mass is 9.35. The SMILES string of the molecule is CC(=O)O[C@H]1CC[C@]2(C)[C@H]3C=CC4=C5C[C@@](C)(CNC(=O)c6ccccc6C(=O)O)CC[C@]5(C)CC[C@@]4(C)[C@]3(C)CC[C@H]2C1(C)C. The van der Waals surface area contributed by atoms with Crippen LogP contribution in [0.3, 0.4) is 0 Å². The highest BCUT2D eigenvalue weighted by atomic mass is 16.5. The highest BCUT2D eigenvalue weighted by Gasteiger charge is 2.66. The van der Waals surface area contributed by atoms with Gasteiger partial charge in [0, 0.05) is 18.9 Å². The summed E-state index contributed by atoms with van der Waals surface area (Å²) in [5, 5.41) is 12.7. The second kappa shape index (κ2) is 10.8. The molecule has 3 saturated carbocycles. The van der Waals surface area contributed by atoms with Gasteiger partial charge in [0.1, 0.15) is 6.10 Å². The van der Waals surface area contributed by atoms with E-state index in [1.165, 1.54) is 25.3 Å². The normalized spacial score (nSPS) is 40.9. The number of benzene rings is 1. The van der Waals surface area contributed by atoms with Crippen molar-refractivity contribution in [1.29, 1.82) is 0 Å². The number of rotatable bonds is 5. The van der Waals surface area contributed by atoms with Gasteiger partial charge in [0.05, 0.1) is 11.1 Å². The van der Waals surface area contributed by atoms with Gasteiger partial charge < -0.3 is 15.2 Å². The molecule has 46 heavy (non-hydrogen) atoms. The van der Waals surface area contributed by atoms with Crippen LogP contribution in [-0.2, 0) is 9.53 Å². The number of carboxylic acid groups (broad SMARTS) is 1. The van der Waals surface area contributed by atoms with Gasteiger partial charge in [-0.25, -0.2) is 4.79 Å². The third-order valence-corrected chi connectivity index (χ3v) is 14.6. The van der Waals surface area contributed by atoms with Gasteiger partial charge in [-0.05, 0) is 114 Å². The summed E-state index contributed by atoms with van der Waals surface area (Å²) in [6, 6.07) is 6.46. The number of ether oxygens (including phenoxy) is 1. The maximum absolute atomic E-state index is 13.2. The van der Waals surface area contributed by atoms with Crippen molar-refractivity contribution in [3.05, 3.63) is 58.7 Å². The predicted molar refractivity (Wildman–Crippen MR) is 180 cm³/mol. The van der Waals surface area contributed by atoms with Crippen LogP contribution in [0.2, 0.25) is 0 Å². The fraction of sp³-hybridized carbons (Fsp3) is 0.675. The molecule has 1 aromatic rings. The summed E-state index contributed by atoms with van der Waals surface area (Å²) in [5.41, 5.74) is 3.69. The Balaban J connectivity index is 1.31. The predicted octanol–water partition coefficient (Wildman–Crippen LogP) is 8.77. The molecule has 0 saturated heterocycles. The third kappa shape index (κ3) is 4.82. The van der Waals surface area contributed by atoms with Crippen LogP contribution in [0.4, 0.5) is 0 Å². The van der Waals surface area contributed by atoms with Crippen LogP contribution in [0, 0.1) is 44.3 Å². The number of aromatic carboxylic acids is 1. The maximum atomic E-state index is 13.2. The number of carboxylic acids is 1. The van der Waals surface area contributed by atoms with Crippen LogP contribution in [0.1, 0.15) is 134 Å². The first-order chi connectivity index (χ1) is 21.4. The molecule has 6 nitrogen and oxygen atoms in total. The van der Waals surface area contributed by atoms with E-state index in [0.29, 0.717) is 18.4 Å². The van der Waals surface area contributed by atoms with Gasteiger partial charge in [0.25, 0.3) is 5.91 Å². The van der Waals surface area contributed by atoms with Crippen LogP contribution in [-0.4, -0.2) is 35.6 Å². The maximum Gasteiger partial charge on any atom is 0.336 e. The second-order valence-corrected chi connectivity index (χ2v) is 17.6. The Morgan fingerprint density at radius 3 is 2.24 bits per heavy atom. The quantitative estimate of drug-likeness (QED) is 0.318. The van der Waals surface area contributed by atoms with Crippen molar-refractivity contribution in [2.45, 2.75) is 119 Å². The number of esters is 1. The molecular weight excluding hydrogens is 574 g/mol. The molecule has 6 heteroatoms. The molecule has 0 bridgehead atoms. The Labute approximate surface area is 275 Å². The first-order valence-corrected chi connectivity index (χ1v) is 17.6. The lowest BCUT2D eigenvalue weighted by molar-refractivity contribution is -0.197. The molecule has 5 aliphatic rings. The van der Waals surface area contributed by atoms with Gasteiger partial charge in [-0.15, -0.1) is 0 Å². The average Bonchev–Trinajstić information content (AvgIpc) is 2.98. The van der Waals surface area contributed by atoms with Crippen LogP contribution in [0.25, 0.3) is 0 Å². The zero-order chi connectivity index (χ0) is 33.5. The Morgan fingerprint density at radius 2 is 1.57 bits per heavy atom. The van der Waals surface area contributed by atoms with E-state index in [9.17, 15) is 19.5 Å². The van der Waals surface area contributed by atoms with Crippen molar-refractivity contribution in [2.24, 2.45) is 44.3 Å². The monoisotopic (exact) mass is 629 g/mol. The fourth-order valence-corrected chi connectivity index (χ4v) is 11.6. The van der Waals surface area contributed by atoms with Crippen molar-refractivity contribution in [3.8, 4) is 0 Å². The molecule has 5 aliphatic carbocycles. The van der Waals surface area contributed by atoms with Gasteiger partial charge in [-0.2, -0.15) is 0 Å². The van der Waals surface area contributed by atoms with E-state index in [4.69, 9.17) is 4.74 Å². The van der Waals surface area contributed by atoms with E-state index >= 15 is 0 Å². The van der Waals surface area contributed by atoms with Crippen LogP contribution >= 0.6 is 0 Å². The number of fused-ring (bicyclic) bond motifs is 6. The summed E-state index contributed by atoms with van der Waals surface area (Å²) >= 11 is 0. The molecule has 0 aliphatic heterocycles. The lowest BCUT2D eigenvalue weighted by Crippen LogP contribution is -2.63. The van der Waals surface area contributed by atoms with Crippen molar-refractivity contribution < 1.29 is 24.2 Å². The summed E-state index contributed by atoms with van der Waals surface area (Å²) < 4.78 is 5.92. The van der Waals surface area contributed by atoms with Gasteiger partial charge in [-0.1, -0.05) is 78.3 Å². The Kier molecular flexibility index (Phi) is 7.77. The van der Waals surface area contributed by atoms with E-state index in [1.54, 1.807) is 36.3 Å². The summed E-state index contributed by atoms with van der Waals surface area (Å²) in [5.74, 6) is -0.626. The van der Waals surface area contributed by atoms with Crippen LogP contribution < -0.4 is 5.32 Å². The second-order valence-electron chi connectivity index (χ2n) is 17.6. The first-order valence-electron chi connectivity index (χ1n) is 17.6. The largest absolute Gasteiger partial charge is 0.478 e. The van der Waals surface area contributed by atoms with E-state index in [1.807, 2.05) is 0 Å². The highest BCUT2D eigenvalue weighted by Crippen LogP contribution is 2.74. The number of hydrogen-bond acceptors (Lipinski definition) is 4. The van der Waals surface area contributed by atoms with E-state index in [-0.39, 0.29) is 61.6 Å². The zero-order valence-corrected chi connectivity index (χ0v) is 29.3. The van der Waals surface area contributed by atoms with Crippen LogP contribution in [0.5, 0.6) is 0 Å². The van der Waals surface area contributed by atoms with Crippen LogP contribution in [0.15, 0.2) is 47.6 Å². The minimum Gasteiger partial charge on any atom is -0.478 e. The smallest absolute Gasteiger partial charge is 0.336 e. The summed E-state index contributed by atoms with van der Waals surface area (Å²) in [4.78, 5) is 37.0. The third-order valence-electron chi connectivity index (χ3n) is 14.6. The molecule has 0 spiro atoms. The molecule has 0 unspecified atom stereocenters. The zero-order valence-electron chi connectivity index (χ0n) is 29.3. The highest BCUT2D eigenvalue weighted by molar-refractivity contribution is 6.04. The molecule has 3 fully saturated rings. The van der Waals surface area contributed by atoms with E-state index < -0.39 is 5.97 Å². The number of amides is 1. The lowest BCUT2D eigenvalue weighted by Gasteiger charge is -2.69. The number of nitrogens with one attached hydrogen (secondary N) is 1. The van der Waals surface area contributed by atoms with Gasteiger partial charge in [-0.3, -0.25) is 9.59 Å². The molecule has 8 atom stereocenters. The number of carbonyl (C=O) groups excluding carboxylic acids is 2. The molecular formula is C40H55NO5. The van der Waals surface area contributed by atoms with E-state index in [2.05, 4.69) is 65.9 Å². The molecule has 0 aromatic heterocycles. The number of hydrogen-bond donors (Lipinski definition) is 2. The molecule has 1 aromatic carbocycles. The van der Waals surface area contributed by atoms with Gasteiger partial charge in [0.15, 0.2) is 0 Å². The van der Waals surface area contributed by atoms with Gasteiger partial charge in [0.2, 0.25) is 0 Å². The first kappa shape index (κ1) is 33.0. The van der Waals surface area contributed by atoms with Crippen molar-refractivity contribution in [1.82, 2.24) is 5.32 Å². The molecule has 250 valence electrons. The topological polar surface area (TPSA) is 92.7 Å². The van der Waals surface area contributed by atoms with Crippen molar-refractivity contribution in [3.63, 3.8) is 0 Å². The average molecular weight is 630 g/mol.